The molecule has 0 aliphatic heterocycles. The molecule has 2 N–H and O–H groups in total. The molecule has 74 valence electrons. The average molecular weight is 214 g/mol. The van der Waals surface area contributed by atoms with Gasteiger partial charge in [0.05, 0.1) is 0 Å². The van der Waals surface area contributed by atoms with E-state index in [4.69, 9.17) is 0 Å². The van der Waals surface area contributed by atoms with E-state index in [0.717, 1.165) is 12.8 Å². The molecule has 0 aromatic rings. The maximum atomic E-state index is 9.98. The van der Waals surface area contributed by atoms with Gasteiger partial charge in [-0.2, -0.15) is 0 Å². The number of carboxylic acids is 1. The van der Waals surface area contributed by atoms with Gasteiger partial charge in [0.25, 0.3) is 0 Å². The molecule has 0 saturated heterocycles. The van der Waals surface area contributed by atoms with Crippen LogP contribution in [0, 0.1) is 0 Å². The number of aliphatic carboxylic acids is 1. The molecule has 13 heavy (non-hydrogen) atoms. The Morgan fingerprint density at radius 2 is 1.54 bits per heavy atom. The first-order valence-electron chi connectivity index (χ1n) is 4.47. The summed E-state index contributed by atoms with van der Waals surface area (Å²) in [4.78, 5) is 9.98. The van der Waals surface area contributed by atoms with Crippen molar-refractivity contribution in [3.63, 3.8) is 0 Å². The third-order valence-corrected chi connectivity index (χ3v) is 1.73. The first-order valence-corrected chi connectivity index (χ1v) is 4.47. The van der Waals surface area contributed by atoms with Crippen molar-refractivity contribution in [2.24, 2.45) is 0 Å². The Balaban J connectivity index is -0.000000500. The van der Waals surface area contributed by atoms with Gasteiger partial charge in [0.2, 0.25) is 0 Å². The van der Waals surface area contributed by atoms with Gasteiger partial charge < -0.3 is 15.4 Å². The van der Waals surface area contributed by atoms with Gasteiger partial charge >= 0.3 is 51.4 Å². The minimum atomic E-state index is -0.916. The summed E-state index contributed by atoms with van der Waals surface area (Å²) in [5.74, 6) is -0.916. The van der Waals surface area contributed by atoms with Crippen LogP contribution >= 0.6 is 0 Å². The summed E-state index contributed by atoms with van der Waals surface area (Å²) in [5.41, 5.74) is 0. The molecular formula is C9H19KO3. The van der Waals surface area contributed by atoms with E-state index in [9.17, 15) is 9.90 Å². The summed E-state index contributed by atoms with van der Waals surface area (Å²) < 4.78 is 0. The van der Waals surface area contributed by atoms with Crippen LogP contribution in [-0.2, 0) is 4.79 Å². The molecule has 3 nitrogen and oxygen atoms in total. The molecule has 0 aromatic heterocycles. The normalized spacial score (nSPS) is 8.38. The van der Waals surface area contributed by atoms with Crippen molar-refractivity contribution in [2.75, 3.05) is 0 Å². The number of rotatable bonds is 7. The predicted octanol–water partition coefficient (Wildman–Crippen LogP) is -2.33. The van der Waals surface area contributed by atoms with Gasteiger partial charge in [0, 0.05) is 5.97 Å². The van der Waals surface area contributed by atoms with Crippen molar-refractivity contribution in [2.45, 2.75) is 51.9 Å². The summed E-state index contributed by atoms with van der Waals surface area (Å²) in [7, 11) is 0. The Morgan fingerprint density at radius 1 is 1.08 bits per heavy atom. The fraction of sp³-hybridized carbons (Fsp3) is 0.889. The first-order chi connectivity index (χ1) is 5.27. The number of unbranched alkanes of at least 4 members (excludes halogenated alkanes) is 5. The largest absolute Gasteiger partial charge is 1.00 e. The Labute approximate surface area is 123 Å². The third-order valence-electron chi connectivity index (χ3n) is 1.73. The molecule has 0 aliphatic carbocycles. The van der Waals surface area contributed by atoms with E-state index in [0.29, 0.717) is 0 Å². The van der Waals surface area contributed by atoms with E-state index in [2.05, 4.69) is 6.92 Å². The Bertz CT molecular complexity index is 107. The van der Waals surface area contributed by atoms with Crippen molar-refractivity contribution in [3.8, 4) is 0 Å². The van der Waals surface area contributed by atoms with E-state index in [1.165, 1.54) is 25.7 Å². The molecule has 0 aliphatic rings. The van der Waals surface area contributed by atoms with E-state index >= 15 is 0 Å². The third kappa shape index (κ3) is 19.5. The molecule has 0 fully saturated rings. The van der Waals surface area contributed by atoms with Crippen molar-refractivity contribution >= 4 is 5.97 Å². The number of carbonyl (C=O) groups excluding carboxylic acids is 1. The van der Waals surface area contributed by atoms with Crippen molar-refractivity contribution in [1.29, 1.82) is 0 Å². The second-order valence-electron chi connectivity index (χ2n) is 2.89. The quantitative estimate of drug-likeness (QED) is 0.352. The molecule has 0 aromatic carbocycles. The SMILES string of the molecule is CCCCCCCCC(=O)[O-].O.[K+]. The predicted molar refractivity (Wildman–Crippen MR) is 46.6 cm³/mol. The van der Waals surface area contributed by atoms with Gasteiger partial charge in [-0.25, -0.2) is 0 Å². The smallest absolute Gasteiger partial charge is 0.550 e. The van der Waals surface area contributed by atoms with Gasteiger partial charge in [-0.15, -0.1) is 0 Å². The second kappa shape index (κ2) is 15.5. The van der Waals surface area contributed by atoms with Gasteiger partial charge in [0.15, 0.2) is 0 Å². The fourth-order valence-electron chi connectivity index (χ4n) is 1.05. The monoisotopic (exact) mass is 214 g/mol. The second-order valence-corrected chi connectivity index (χ2v) is 2.89. The van der Waals surface area contributed by atoms with Crippen molar-refractivity contribution in [3.05, 3.63) is 0 Å². The molecule has 0 radical (unpaired) electrons. The van der Waals surface area contributed by atoms with Crippen LogP contribution in [0.25, 0.3) is 0 Å². The number of hydrogen-bond acceptors (Lipinski definition) is 2. The van der Waals surface area contributed by atoms with Gasteiger partial charge in [-0.3, -0.25) is 0 Å². The minimum Gasteiger partial charge on any atom is -0.550 e. The van der Waals surface area contributed by atoms with Crippen LogP contribution in [0.2, 0.25) is 0 Å². The van der Waals surface area contributed by atoms with Crippen LogP contribution < -0.4 is 56.5 Å². The zero-order valence-electron chi connectivity index (χ0n) is 8.77. The number of hydrogen-bond donors (Lipinski definition) is 0. The van der Waals surface area contributed by atoms with Gasteiger partial charge in [0.1, 0.15) is 0 Å². The summed E-state index contributed by atoms with van der Waals surface area (Å²) in [6.07, 6.45) is 6.96. The number of carboxylic acid groups (broad SMARTS) is 1. The standard InChI is InChI=1S/C9H18O2.K.H2O/c1-2-3-4-5-6-7-8-9(10)11;;/h2-8H2,1H3,(H,10,11);;1H2/q;+1;/p-1. The fourth-order valence-corrected chi connectivity index (χ4v) is 1.05. The number of carbonyl (C=O) groups is 1. The zero-order valence-corrected chi connectivity index (χ0v) is 11.9. The Morgan fingerprint density at radius 3 is 2.00 bits per heavy atom. The topological polar surface area (TPSA) is 71.6 Å². The zero-order chi connectivity index (χ0) is 8.53. The molecular weight excluding hydrogens is 195 g/mol. The molecule has 0 amide bonds. The van der Waals surface area contributed by atoms with Crippen LogP contribution in [0.1, 0.15) is 51.9 Å². The molecule has 0 saturated carbocycles. The van der Waals surface area contributed by atoms with Crippen LogP contribution in [-0.4, -0.2) is 11.4 Å². The van der Waals surface area contributed by atoms with Crippen molar-refractivity contribution in [1.82, 2.24) is 0 Å². The maximum Gasteiger partial charge on any atom is 1.00 e. The van der Waals surface area contributed by atoms with Crippen LogP contribution in [0.4, 0.5) is 0 Å². The maximum absolute atomic E-state index is 9.98. The molecule has 0 unspecified atom stereocenters. The average Bonchev–Trinajstić information content (AvgIpc) is 1.96. The van der Waals surface area contributed by atoms with Gasteiger partial charge in [-0.05, 0) is 12.8 Å². The molecule has 0 bridgehead atoms. The van der Waals surface area contributed by atoms with Crippen molar-refractivity contribution < 1.29 is 66.8 Å². The Kier molecular flexibility index (Phi) is 23.4. The Hall–Kier alpha value is 1.07. The van der Waals surface area contributed by atoms with Crippen LogP contribution in [0.15, 0.2) is 0 Å². The van der Waals surface area contributed by atoms with E-state index in [1.54, 1.807) is 0 Å². The first kappa shape index (κ1) is 19.6. The summed E-state index contributed by atoms with van der Waals surface area (Å²) in [6.45, 7) is 2.17. The minimum absolute atomic E-state index is 0. The van der Waals surface area contributed by atoms with E-state index in [1.807, 2.05) is 0 Å². The molecule has 0 heterocycles. The molecule has 0 spiro atoms. The van der Waals surface area contributed by atoms with Gasteiger partial charge in [-0.1, -0.05) is 39.0 Å². The van der Waals surface area contributed by atoms with E-state index in [-0.39, 0.29) is 63.3 Å². The molecule has 4 heteroatoms. The summed E-state index contributed by atoms with van der Waals surface area (Å²) in [6, 6.07) is 0. The van der Waals surface area contributed by atoms with E-state index < -0.39 is 5.97 Å². The molecule has 0 rings (SSSR count). The molecule has 0 atom stereocenters. The van der Waals surface area contributed by atoms with Crippen LogP contribution in [0.5, 0.6) is 0 Å². The summed E-state index contributed by atoms with van der Waals surface area (Å²) in [5, 5.41) is 9.98. The summed E-state index contributed by atoms with van der Waals surface area (Å²) >= 11 is 0. The van der Waals surface area contributed by atoms with Crippen LogP contribution in [0.3, 0.4) is 0 Å².